The average Bonchev–Trinajstić information content (AvgIpc) is 2.20. The van der Waals surface area contributed by atoms with Gasteiger partial charge in [0.2, 0.25) is 0 Å². The van der Waals surface area contributed by atoms with E-state index in [0.29, 0.717) is 39.6 Å². The minimum Gasteiger partial charge on any atom is -0.392 e. The van der Waals surface area contributed by atoms with Crippen molar-refractivity contribution in [2.45, 2.75) is 13.0 Å². The van der Waals surface area contributed by atoms with Gasteiger partial charge in [-0.25, -0.2) is 0 Å². The first-order valence-electron chi connectivity index (χ1n) is 5.30. The zero-order valence-corrected chi connectivity index (χ0v) is 9.70. The second-order valence-corrected chi connectivity index (χ2v) is 3.27. The van der Waals surface area contributed by atoms with E-state index in [1.807, 2.05) is 0 Å². The Morgan fingerprint density at radius 3 is 2.27 bits per heavy atom. The molecule has 0 aromatic rings. The van der Waals surface area contributed by atoms with Crippen LogP contribution in [0.25, 0.3) is 0 Å². The number of aliphatic hydroxyl groups excluding tert-OH is 1. The van der Waals surface area contributed by atoms with Crippen LogP contribution in [0.3, 0.4) is 0 Å². The Morgan fingerprint density at radius 1 is 1.07 bits per heavy atom. The predicted octanol–water partition coefficient (Wildman–Crippen LogP) is -0.364. The molecule has 0 aliphatic carbocycles. The molecule has 0 fully saturated rings. The molecular formula is C10H23NO4. The highest BCUT2D eigenvalue weighted by atomic mass is 16.5. The average molecular weight is 221 g/mol. The lowest BCUT2D eigenvalue weighted by Gasteiger charge is -2.07. The maximum absolute atomic E-state index is 8.94. The molecule has 0 aromatic heterocycles. The summed E-state index contributed by atoms with van der Waals surface area (Å²) in [5.74, 6) is 0. The largest absolute Gasteiger partial charge is 0.392 e. The molecule has 92 valence electrons. The number of ether oxygens (including phenoxy) is 3. The Labute approximate surface area is 91.7 Å². The minimum atomic E-state index is -0.303. The van der Waals surface area contributed by atoms with E-state index < -0.39 is 0 Å². The monoisotopic (exact) mass is 221 g/mol. The third-order valence-electron chi connectivity index (χ3n) is 1.67. The second-order valence-electron chi connectivity index (χ2n) is 3.27. The van der Waals surface area contributed by atoms with Gasteiger partial charge in [-0.2, -0.15) is 0 Å². The molecule has 1 atom stereocenters. The van der Waals surface area contributed by atoms with Crippen LogP contribution in [0.5, 0.6) is 0 Å². The summed E-state index contributed by atoms with van der Waals surface area (Å²) in [6.45, 7) is 6.17. The molecule has 0 spiro atoms. The molecule has 15 heavy (non-hydrogen) atoms. The highest BCUT2D eigenvalue weighted by Gasteiger charge is 1.94. The van der Waals surface area contributed by atoms with Crippen molar-refractivity contribution in [3.8, 4) is 0 Å². The molecule has 0 aliphatic heterocycles. The summed E-state index contributed by atoms with van der Waals surface area (Å²) < 4.78 is 15.3. The second kappa shape index (κ2) is 11.9. The van der Waals surface area contributed by atoms with Crippen LogP contribution in [-0.4, -0.2) is 64.4 Å². The van der Waals surface area contributed by atoms with Crippen LogP contribution in [0.1, 0.15) is 6.92 Å². The van der Waals surface area contributed by atoms with Crippen molar-refractivity contribution >= 4 is 0 Å². The third kappa shape index (κ3) is 13.8. The molecule has 0 aromatic carbocycles. The van der Waals surface area contributed by atoms with Crippen molar-refractivity contribution in [1.29, 1.82) is 0 Å². The summed E-state index contributed by atoms with van der Waals surface area (Å²) in [6, 6.07) is 0. The highest BCUT2D eigenvalue weighted by Crippen LogP contribution is 1.80. The van der Waals surface area contributed by atoms with E-state index in [1.165, 1.54) is 0 Å². The van der Waals surface area contributed by atoms with Gasteiger partial charge in [-0.3, -0.25) is 0 Å². The number of rotatable bonds is 11. The summed E-state index contributed by atoms with van der Waals surface area (Å²) in [6.07, 6.45) is -0.303. The van der Waals surface area contributed by atoms with E-state index in [9.17, 15) is 0 Å². The van der Waals surface area contributed by atoms with E-state index in [1.54, 1.807) is 14.0 Å². The zero-order chi connectivity index (χ0) is 11.4. The standard InChI is InChI=1S/C10H23NO4/c1-10(12)9-11-3-4-14-7-8-15-6-5-13-2/h10-12H,3-9H2,1-2H3. The van der Waals surface area contributed by atoms with Crippen LogP contribution in [0.4, 0.5) is 0 Å². The van der Waals surface area contributed by atoms with Crippen LogP contribution < -0.4 is 5.32 Å². The number of methoxy groups -OCH3 is 1. The SMILES string of the molecule is COCCOCCOCCNCC(C)O. The predicted molar refractivity (Wildman–Crippen MR) is 58.1 cm³/mol. The van der Waals surface area contributed by atoms with Gasteiger partial charge in [-0.15, -0.1) is 0 Å². The summed E-state index contributed by atoms with van der Waals surface area (Å²) >= 11 is 0. The highest BCUT2D eigenvalue weighted by molar-refractivity contribution is 4.51. The van der Waals surface area contributed by atoms with Crippen LogP contribution in [0.2, 0.25) is 0 Å². The van der Waals surface area contributed by atoms with Gasteiger partial charge in [-0.1, -0.05) is 0 Å². The van der Waals surface area contributed by atoms with Crippen LogP contribution in [0.15, 0.2) is 0 Å². The van der Waals surface area contributed by atoms with Crippen LogP contribution in [-0.2, 0) is 14.2 Å². The molecule has 0 aliphatic rings. The van der Waals surface area contributed by atoms with Gasteiger partial charge in [0.1, 0.15) is 0 Å². The minimum absolute atomic E-state index is 0.303. The molecular weight excluding hydrogens is 198 g/mol. The van der Waals surface area contributed by atoms with E-state index in [0.717, 1.165) is 6.54 Å². The first-order chi connectivity index (χ1) is 7.27. The fraction of sp³-hybridized carbons (Fsp3) is 1.00. The smallest absolute Gasteiger partial charge is 0.0701 e. The Morgan fingerprint density at radius 2 is 1.67 bits per heavy atom. The van der Waals surface area contributed by atoms with Gasteiger partial charge in [0.25, 0.3) is 0 Å². The molecule has 0 heterocycles. The lowest BCUT2D eigenvalue weighted by Crippen LogP contribution is -2.28. The normalized spacial score (nSPS) is 13.0. The maximum atomic E-state index is 8.94. The van der Waals surface area contributed by atoms with Gasteiger partial charge in [-0.05, 0) is 6.92 Å². The summed E-state index contributed by atoms with van der Waals surface area (Å²) in [4.78, 5) is 0. The Balaban J connectivity index is 2.87. The van der Waals surface area contributed by atoms with E-state index in [2.05, 4.69) is 5.32 Å². The third-order valence-corrected chi connectivity index (χ3v) is 1.67. The van der Waals surface area contributed by atoms with E-state index in [-0.39, 0.29) is 6.10 Å². The zero-order valence-electron chi connectivity index (χ0n) is 9.70. The van der Waals surface area contributed by atoms with Gasteiger partial charge >= 0.3 is 0 Å². The van der Waals surface area contributed by atoms with Gasteiger partial charge < -0.3 is 24.6 Å². The molecule has 0 saturated heterocycles. The van der Waals surface area contributed by atoms with Crippen molar-refractivity contribution in [1.82, 2.24) is 5.32 Å². The van der Waals surface area contributed by atoms with E-state index >= 15 is 0 Å². The molecule has 1 unspecified atom stereocenters. The van der Waals surface area contributed by atoms with Crippen molar-refractivity contribution in [2.24, 2.45) is 0 Å². The van der Waals surface area contributed by atoms with Crippen LogP contribution >= 0.6 is 0 Å². The summed E-state index contributed by atoms with van der Waals surface area (Å²) in [7, 11) is 1.65. The van der Waals surface area contributed by atoms with Crippen LogP contribution in [0, 0.1) is 0 Å². The quantitative estimate of drug-likeness (QED) is 0.466. The summed E-state index contributed by atoms with van der Waals surface area (Å²) in [5.41, 5.74) is 0. The first-order valence-corrected chi connectivity index (χ1v) is 5.30. The molecule has 0 rings (SSSR count). The molecule has 5 nitrogen and oxygen atoms in total. The Kier molecular flexibility index (Phi) is 11.7. The number of hydrogen-bond donors (Lipinski definition) is 2. The summed E-state index contributed by atoms with van der Waals surface area (Å²) in [5, 5.41) is 12.0. The lowest BCUT2D eigenvalue weighted by atomic mass is 10.4. The van der Waals surface area contributed by atoms with Crippen molar-refractivity contribution in [2.75, 3.05) is 53.2 Å². The fourth-order valence-electron chi connectivity index (χ4n) is 0.920. The molecule has 0 saturated carbocycles. The van der Waals surface area contributed by atoms with Crippen molar-refractivity contribution < 1.29 is 19.3 Å². The number of aliphatic hydroxyl groups is 1. The van der Waals surface area contributed by atoms with Crippen molar-refractivity contribution in [3.63, 3.8) is 0 Å². The lowest BCUT2D eigenvalue weighted by molar-refractivity contribution is 0.0252. The molecule has 5 heteroatoms. The van der Waals surface area contributed by atoms with Gasteiger partial charge in [0, 0.05) is 20.2 Å². The topological polar surface area (TPSA) is 60.0 Å². The Bertz CT molecular complexity index is 122. The molecule has 2 N–H and O–H groups in total. The molecule has 0 bridgehead atoms. The maximum Gasteiger partial charge on any atom is 0.0701 e. The van der Waals surface area contributed by atoms with Gasteiger partial charge in [0.15, 0.2) is 0 Å². The first kappa shape index (κ1) is 14.8. The number of nitrogens with one attached hydrogen (secondary N) is 1. The molecule has 0 radical (unpaired) electrons. The Hall–Kier alpha value is -0.200. The van der Waals surface area contributed by atoms with E-state index in [4.69, 9.17) is 19.3 Å². The molecule has 0 amide bonds. The van der Waals surface area contributed by atoms with Crippen molar-refractivity contribution in [3.05, 3.63) is 0 Å². The van der Waals surface area contributed by atoms with Gasteiger partial charge in [0.05, 0.1) is 39.1 Å². The fourth-order valence-corrected chi connectivity index (χ4v) is 0.920. The number of hydrogen-bond acceptors (Lipinski definition) is 5.